The van der Waals surface area contributed by atoms with Crippen molar-refractivity contribution >= 4 is 0 Å². The van der Waals surface area contributed by atoms with Crippen LogP contribution >= 0.6 is 0 Å². The van der Waals surface area contributed by atoms with Gasteiger partial charge in [0.1, 0.15) is 6.10 Å². The van der Waals surface area contributed by atoms with Gasteiger partial charge in [-0.2, -0.15) is 10.2 Å². The monoisotopic (exact) mass is 200 g/mol. The largest absolute Gasteiger partial charge is 0.370 e. The lowest BCUT2D eigenvalue weighted by Gasteiger charge is -2.13. The fourth-order valence-electron chi connectivity index (χ4n) is 1.51. The minimum absolute atomic E-state index is 0.139. The highest BCUT2D eigenvalue weighted by Crippen LogP contribution is 2.22. The van der Waals surface area contributed by atoms with Gasteiger partial charge in [-0.05, 0) is 17.7 Å². The molecule has 1 atom stereocenters. The summed E-state index contributed by atoms with van der Waals surface area (Å²) in [4.78, 5) is 0. The van der Waals surface area contributed by atoms with Gasteiger partial charge in [0, 0.05) is 13.3 Å². The summed E-state index contributed by atoms with van der Waals surface area (Å²) in [7, 11) is 1.67. The minimum Gasteiger partial charge on any atom is -0.370 e. The summed E-state index contributed by atoms with van der Waals surface area (Å²) in [6.07, 6.45) is 1.51. The van der Waals surface area contributed by atoms with Crippen LogP contribution in [0.4, 0.5) is 0 Å². The number of methoxy groups -OCH3 is 1. The molecule has 0 radical (unpaired) electrons. The second kappa shape index (κ2) is 4.66. The van der Waals surface area contributed by atoms with Crippen LogP contribution in [0, 0.1) is 0 Å². The van der Waals surface area contributed by atoms with E-state index in [0.717, 1.165) is 11.3 Å². The lowest BCUT2D eigenvalue weighted by molar-refractivity contribution is 0.132. The van der Waals surface area contributed by atoms with Crippen LogP contribution in [0.1, 0.15) is 17.4 Å². The third-order valence-electron chi connectivity index (χ3n) is 2.20. The lowest BCUT2D eigenvalue weighted by Crippen LogP contribution is -2.06. The molecule has 76 valence electrons. The molecule has 15 heavy (non-hydrogen) atoms. The zero-order valence-electron chi connectivity index (χ0n) is 8.50. The maximum Gasteiger partial charge on any atom is 0.126 e. The maximum atomic E-state index is 5.42. The van der Waals surface area contributed by atoms with Crippen molar-refractivity contribution < 1.29 is 4.74 Å². The fraction of sp³-hybridized carbons (Fsp3) is 0.167. The average molecular weight is 200 g/mol. The van der Waals surface area contributed by atoms with Crippen LogP contribution in [0.15, 0.2) is 48.7 Å². The highest BCUT2D eigenvalue weighted by molar-refractivity contribution is 5.24. The Morgan fingerprint density at radius 1 is 1.07 bits per heavy atom. The van der Waals surface area contributed by atoms with Crippen molar-refractivity contribution in [3.63, 3.8) is 0 Å². The van der Waals surface area contributed by atoms with Crippen molar-refractivity contribution in [2.45, 2.75) is 6.10 Å². The number of hydrogen-bond acceptors (Lipinski definition) is 3. The van der Waals surface area contributed by atoms with Crippen molar-refractivity contribution in [2.24, 2.45) is 0 Å². The zero-order valence-corrected chi connectivity index (χ0v) is 8.50. The molecule has 0 N–H and O–H groups in total. The number of aromatic nitrogens is 2. The van der Waals surface area contributed by atoms with Crippen LogP contribution < -0.4 is 0 Å². The number of hydrogen-bond donors (Lipinski definition) is 0. The molecule has 2 rings (SSSR count). The van der Waals surface area contributed by atoms with Crippen molar-refractivity contribution in [2.75, 3.05) is 7.11 Å². The molecule has 2 aromatic rings. The molecule has 1 aromatic heterocycles. The number of ether oxygens (including phenoxy) is 1. The van der Waals surface area contributed by atoms with Gasteiger partial charge in [-0.15, -0.1) is 0 Å². The number of nitrogens with zero attached hydrogens (tertiary/aromatic N) is 2. The molecule has 0 aliphatic carbocycles. The first-order chi connectivity index (χ1) is 7.42. The quantitative estimate of drug-likeness (QED) is 0.762. The van der Waals surface area contributed by atoms with Crippen LogP contribution in [-0.2, 0) is 4.74 Å². The first-order valence-corrected chi connectivity index (χ1v) is 4.77. The fourth-order valence-corrected chi connectivity index (χ4v) is 1.51. The molecular formula is C12H12N2O. The normalized spacial score (nSPS) is 12.3. The molecule has 0 amide bonds. The predicted octanol–water partition coefficient (Wildman–Crippen LogP) is 2.21. The summed E-state index contributed by atoms with van der Waals surface area (Å²) in [6.45, 7) is 0. The molecule has 0 saturated heterocycles. The summed E-state index contributed by atoms with van der Waals surface area (Å²) in [5, 5.41) is 7.90. The van der Waals surface area contributed by atoms with Crippen LogP contribution in [0.3, 0.4) is 0 Å². The Morgan fingerprint density at radius 3 is 2.47 bits per heavy atom. The van der Waals surface area contributed by atoms with Gasteiger partial charge < -0.3 is 4.74 Å². The van der Waals surface area contributed by atoms with E-state index in [0.29, 0.717) is 0 Å². The number of rotatable bonds is 3. The Hall–Kier alpha value is -1.74. The molecule has 1 heterocycles. The SMILES string of the molecule is COC(c1ccccc1)c1cccnn1. The molecule has 1 aromatic carbocycles. The molecule has 3 heteroatoms. The first kappa shape index (κ1) is 9.80. The molecule has 0 saturated carbocycles. The van der Waals surface area contributed by atoms with E-state index in [-0.39, 0.29) is 6.10 Å². The van der Waals surface area contributed by atoms with Crippen molar-refractivity contribution in [1.29, 1.82) is 0 Å². The summed E-state index contributed by atoms with van der Waals surface area (Å²) >= 11 is 0. The molecule has 0 spiro atoms. The van der Waals surface area contributed by atoms with Gasteiger partial charge in [-0.3, -0.25) is 0 Å². The second-order valence-corrected chi connectivity index (χ2v) is 3.17. The van der Waals surface area contributed by atoms with E-state index in [1.807, 2.05) is 42.5 Å². The van der Waals surface area contributed by atoms with Crippen LogP contribution in [0.5, 0.6) is 0 Å². The van der Waals surface area contributed by atoms with Crippen molar-refractivity contribution in [3.05, 3.63) is 59.9 Å². The minimum atomic E-state index is -0.139. The first-order valence-electron chi connectivity index (χ1n) is 4.77. The maximum absolute atomic E-state index is 5.42. The topological polar surface area (TPSA) is 35.0 Å². The summed E-state index contributed by atoms with van der Waals surface area (Å²) in [5.41, 5.74) is 1.91. The predicted molar refractivity (Wildman–Crippen MR) is 57.3 cm³/mol. The van der Waals surface area contributed by atoms with Crippen LogP contribution in [0.25, 0.3) is 0 Å². The molecule has 3 nitrogen and oxygen atoms in total. The van der Waals surface area contributed by atoms with E-state index in [1.54, 1.807) is 13.3 Å². The molecule has 1 unspecified atom stereocenters. The highest BCUT2D eigenvalue weighted by atomic mass is 16.5. The van der Waals surface area contributed by atoms with E-state index < -0.39 is 0 Å². The van der Waals surface area contributed by atoms with E-state index in [4.69, 9.17) is 4.74 Å². The summed E-state index contributed by atoms with van der Waals surface area (Å²) in [5.74, 6) is 0. The molecule has 0 bridgehead atoms. The van der Waals surface area contributed by atoms with E-state index in [9.17, 15) is 0 Å². The van der Waals surface area contributed by atoms with E-state index in [2.05, 4.69) is 10.2 Å². The lowest BCUT2D eigenvalue weighted by atomic mass is 10.1. The van der Waals surface area contributed by atoms with Crippen LogP contribution in [0.2, 0.25) is 0 Å². The van der Waals surface area contributed by atoms with E-state index >= 15 is 0 Å². The van der Waals surface area contributed by atoms with E-state index in [1.165, 1.54) is 0 Å². The van der Waals surface area contributed by atoms with Crippen LogP contribution in [-0.4, -0.2) is 17.3 Å². The Kier molecular flexibility index (Phi) is 3.05. The van der Waals surface area contributed by atoms with Crippen molar-refractivity contribution in [3.8, 4) is 0 Å². The Balaban J connectivity index is 2.34. The standard InChI is InChI=1S/C12H12N2O/c1-15-12(10-6-3-2-4-7-10)11-8-5-9-13-14-11/h2-9,12H,1H3. The molecule has 0 aliphatic rings. The smallest absolute Gasteiger partial charge is 0.126 e. The van der Waals surface area contributed by atoms with Gasteiger partial charge in [0.2, 0.25) is 0 Å². The summed E-state index contributed by atoms with van der Waals surface area (Å²) < 4.78 is 5.42. The highest BCUT2D eigenvalue weighted by Gasteiger charge is 2.13. The Labute approximate surface area is 88.7 Å². The molecule has 0 fully saturated rings. The third kappa shape index (κ3) is 2.19. The zero-order chi connectivity index (χ0) is 10.5. The third-order valence-corrected chi connectivity index (χ3v) is 2.20. The Bertz CT molecular complexity index is 363. The summed E-state index contributed by atoms with van der Waals surface area (Å²) in [6, 6.07) is 13.7. The van der Waals surface area contributed by atoms with Gasteiger partial charge in [0.25, 0.3) is 0 Å². The number of benzene rings is 1. The van der Waals surface area contributed by atoms with Gasteiger partial charge in [-0.25, -0.2) is 0 Å². The molecule has 0 aliphatic heterocycles. The average Bonchev–Trinajstić information content (AvgIpc) is 2.33. The van der Waals surface area contributed by atoms with Gasteiger partial charge >= 0.3 is 0 Å². The Morgan fingerprint density at radius 2 is 1.87 bits per heavy atom. The van der Waals surface area contributed by atoms with Gasteiger partial charge in [0.15, 0.2) is 0 Å². The van der Waals surface area contributed by atoms with Gasteiger partial charge in [-0.1, -0.05) is 30.3 Å². The van der Waals surface area contributed by atoms with Gasteiger partial charge in [0.05, 0.1) is 5.69 Å². The van der Waals surface area contributed by atoms with Crippen molar-refractivity contribution in [1.82, 2.24) is 10.2 Å². The molecular weight excluding hydrogens is 188 g/mol. The second-order valence-electron chi connectivity index (χ2n) is 3.17.